The molecule has 0 aliphatic carbocycles. The zero-order chi connectivity index (χ0) is 14.5. The van der Waals surface area contributed by atoms with Crippen LogP contribution in [0.4, 0.5) is 11.9 Å². The highest BCUT2D eigenvalue weighted by molar-refractivity contribution is 6.28. The van der Waals surface area contributed by atoms with Gasteiger partial charge in [-0.1, -0.05) is 25.7 Å². The first kappa shape index (κ1) is 14.8. The van der Waals surface area contributed by atoms with Crippen molar-refractivity contribution in [3.05, 3.63) is 5.28 Å². The van der Waals surface area contributed by atoms with Gasteiger partial charge in [0.05, 0.1) is 0 Å². The summed E-state index contributed by atoms with van der Waals surface area (Å²) in [6.45, 7) is 4.11. The normalized spacial score (nSPS) is 21.0. The van der Waals surface area contributed by atoms with Crippen molar-refractivity contribution in [1.82, 2.24) is 15.0 Å². The Labute approximate surface area is 131 Å². The molecule has 3 heterocycles. The maximum atomic E-state index is 6.15. The van der Waals surface area contributed by atoms with E-state index in [1.165, 1.54) is 51.4 Å². The van der Waals surface area contributed by atoms with Gasteiger partial charge in [-0.2, -0.15) is 15.0 Å². The third kappa shape index (κ3) is 3.96. The van der Waals surface area contributed by atoms with E-state index in [-0.39, 0.29) is 0 Å². The molecule has 0 unspecified atom stereocenters. The standard InChI is InChI=1S/C15H24ClN5/c16-13-17-14(20-9-5-1-2-6-10-20)19-15(18-13)21-11-7-3-4-8-12-21/h1-12H2. The molecule has 0 radical (unpaired) electrons. The predicted octanol–water partition coefficient (Wildman–Crippen LogP) is 3.29. The Kier molecular flexibility index (Phi) is 5.12. The van der Waals surface area contributed by atoms with Crippen molar-refractivity contribution in [2.45, 2.75) is 51.4 Å². The van der Waals surface area contributed by atoms with Gasteiger partial charge >= 0.3 is 0 Å². The van der Waals surface area contributed by atoms with E-state index < -0.39 is 0 Å². The van der Waals surface area contributed by atoms with Gasteiger partial charge in [-0.3, -0.25) is 0 Å². The molecule has 2 aliphatic heterocycles. The molecule has 1 aromatic rings. The second-order valence-electron chi connectivity index (χ2n) is 6.01. The van der Waals surface area contributed by atoms with Gasteiger partial charge in [-0.05, 0) is 37.3 Å². The minimum atomic E-state index is 0.323. The third-order valence-electron chi connectivity index (χ3n) is 4.36. The van der Waals surface area contributed by atoms with Crippen LogP contribution in [0, 0.1) is 0 Å². The fourth-order valence-corrected chi connectivity index (χ4v) is 3.30. The second-order valence-corrected chi connectivity index (χ2v) is 6.35. The van der Waals surface area contributed by atoms with Crippen LogP contribution in [0.2, 0.25) is 5.28 Å². The molecule has 0 aromatic carbocycles. The second kappa shape index (κ2) is 7.25. The van der Waals surface area contributed by atoms with Gasteiger partial charge in [0.2, 0.25) is 17.2 Å². The van der Waals surface area contributed by atoms with E-state index in [1.54, 1.807) is 0 Å². The summed E-state index contributed by atoms with van der Waals surface area (Å²) in [6, 6.07) is 0. The van der Waals surface area contributed by atoms with E-state index in [2.05, 4.69) is 19.8 Å². The van der Waals surface area contributed by atoms with Gasteiger partial charge in [0.25, 0.3) is 0 Å². The molecule has 0 bridgehead atoms. The van der Waals surface area contributed by atoms with Crippen LogP contribution in [-0.4, -0.2) is 41.1 Å². The summed E-state index contributed by atoms with van der Waals surface area (Å²) in [5.74, 6) is 1.52. The quantitative estimate of drug-likeness (QED) is 0.839. The Bertz CT molecular complexity index is 413. The zero-order valence-electron chi connectivity index (χ0n) is 12.6. The van der Waals surface area contributed by atoms with Crippen LogP contribution in [0.5, 0.6) is 0 Å². The summed E-state index contributed by atoms with van der Waals surface area (Å²) in [7, 11) is 0. The highest BCUT2D eigenvalue weighted by atomic mass is 35.5. The summed E-state index contributed by atoms with van der Waals surface area (Å²) < 4.78 is 0. The van der Waals surface area contributed by atoms with E-state index in [0.29, 0.717) is 5.28 Å². The van der Waals surface area contributed by atoms with Gasteiger partial charge in [0, 0.05) is 26.2 Å². The lowest BCUT2D eigenvalue weighted by molar-refractivity contribution is 0.726. The smallest absolute Gasteiger partial charge is 0.231 e. The van der Waals surface area contributed by atoms with Crippen molar-refractivity contribution in [2.75, 3.05) is 36.0 Å². The number of halogens is 1. The molecule has 0 spiro atoms. The molecular weight excluding hydrogens is 286 g/mol. The highest BCUT2D eigenvalue weighted by Crippen LogP contribution is 2.22. The molecule has 2 aliphatic rings. The predicted molar refractivity (Wildman–Crippen MR) is 86.2 cm³/mol. The summed E-state index contributed by atoms with van der Waals surface area (Å²) in [5.41, 5.74) is 0. The van der Waals surface area contributed by atoms with Crippen molar-refractivity contribution in [3.8, 4) is 0 Å². The van der Waals surface area contributed by atoms with Crippen molar-refractivity contribution >= 4 is 23.5 Å². The molecule has 0 saturated carbocycles. The van der Waals surface area contributed by atoms with Crippen molar-refractivity contribution < 1.29 is 0 Å². The number of aromatic nitrogens is 3. The first-order valence-corrected chi connectivity index (χ1v) is 8.62. The summed E-state index contributed by atoms with van der Waals surface area (Å²) in [6.07, 6.45) is 10.0. The van der Waals surface area contributed by atoms with Crippen LogP contribution >= 0.6 is 11.6 Å². The fourth-order valence-electron chi connectivity index (χ4n) is 3.15. The van der Waals surface area contributed by atoms with Crippen molar-refractivity contribution in [1.29, 1.82) is 0 Å². The molecule has 21 heavy (non-hydrogen) atoms. The Hall–Kier alpha value is -1.10. The van der Waals surface area contributed by atoms with Crippen LogP contribution in [0.3, 0.4) is 0 Å². The fraction of sp³-hybridized carbons (Fsp3) is 0.800. The summed E-state index contributed by atoms with van der Waals surface area (Å²) in [4.78, 5) is 18.0. The van der Waals surface area contributed by atoms with Gasteiger partial charge in [0.1, 0.15) is 0 Å². The topological polar surface area (TPSA) is 45.2 Å². The monoisotopic (exact) mass is 309 g/mol. The van der Waals surface area contributed by atoms with E-state index in [1.807, 2.05) is 0 Å². The summed E-state index contributed by atoms with van der Waals surface area (Å²) >= 11 is 6.15. The number of hydrogen-bond acceptors (Lipinski definition) is 5. The first-order valence-electron chi connectivity index (χ1n) is 8.24. The molecule has 6 heteroatoms. The molecule has 116 valence electrons. The zero-order valence-corrected chi connectivity index (χ0v) is 13.4. The minimum absolute atomic E-state index is 0.323. The average molecular weight is 310 g/mol. The molecule has 0 amide bonds. The molecule has 1 aromatic heterocycles. The average Bonchev–Trinajstić information content (AvgIpc) is 2.92. The largest absolute Gasteiger partial charge is 0.341 e. The Balaban J connectivity index is 1.80. The van der Waals surface area contributed by atoms with Crippen molar-refractivity contribution in [3.63, 3.8) is 0 Å². The van der Waals surface area contributed by atoms with Gasteiger partial charge < -0.3 is 9.80 Å². The Morgan fingerprint density at radius 2 is 0.952 bits per heavy atom. The van der Waals surface area contributed by atoms with E-state index in [4.69, 9.17) is 16.6 Å². The number of nitrogens with zero attached hydrogens (tertiary/aromatic N) is 5. The molecule has 3 rings (SSSR count). The van der Waals surface area contributed by atoms with Crippen LogP contribution in [0.15, 0.2) is 0 Å². The molecule has 2 fully saturated rings. The van der Waals surface area contributed by atoms with Crippen LogP contribution in [0.25, 0.3) is 0 Å². The van der Waals surface area contributed by atoms with E-state index in [0.717, 1.165) is 38.1 Å². The molecule has 5 nitrogen and oxygen atoms in total. The SMILES string of the molecule is Clc1nc(N2CCCCCC2)nc(N2CCCCCC2)n1. The Morgan fingerprint density at radius 1 is 0.571 bits per heavy atom. The van der Waals surface area contributed by atoms with Crippen LogP contribution in [-0.2, 0) is 0 Å². The lowest BCUT2D eigenvalue weighted by Gasteiger charge is -2.24. The number of anilines is 2. The maximum Gasteiger partial charge on any atom is 0.231 e. The Morgan fingerprint density at radius 3 is 1.33 bits per heavy atom. The van der Waals surface area contributed by atoms with Gasteiger partial charge in [-0.15, -0.1) is 0 Å². The lowest BCUT2D eigenvalue weighted by Crippen LogP contribution is -2.30. The van der Waals surface area contributed by atoms with Gasteiger partial charge in [-0.25, -0.2) is 0 Å². The minimum Gasteiger partial charge on any atom is -0.341 e. The number of rotatable bonds is 2. The molecular formula is C15H24ClN5. The van der Waals surface area contributed by atoms with E-state index in [9.17, 15) is 0 Å². The first-order chi connectivity index (χ1) is 10.3. The lowest BCUT2D eigenvalue weighted by atomic mass is 10.2. The highest BCUT2D eigenvalue weighted by Gasteiger charge is 2.18. The van der Waals surface area contributed by atoms with Crippen LogP contribution in [0.1, 0.15) is 51.4 Å². The molecule has 2 saturated heterocycles. The van der Waals surface area contributed by atoms with Crippen LogP contribution < -0.4 is 9.80 Å². The maximum absolute atomic E-state index is 6.15. The summed E-state index contributed by atoms with van der Waals surface area (Å²) in [5, 5.41) is 0.323. The van der Waals surface area contributed by atoms with Crippen molar-refractivity contribution in [2.24, 2.45) is 0 Å². The van der Waals surface area contributed by atoms with E-state index >= 15 is 0 Å². The third-order valence-corrected chi connectivity index (χ3v) is 4.53. The van der Waals surface area contributed by atoms with Gasteiger partial charge in [0.15, 0.2) is 0 Å². The molecule has 0 N–H and O–H groups in total. The number of hydrogen-bond donors (Lipinski definition) is 0. The molecule has 0 atom stereocenters.